The Bertz CT molecular complexity index is 5090. The van der Waals surface area contributed by atoms with E-state index in [1.165, 1.54) is 77.9 Å². The summed E-state index contributed by atoms with van der Waals surface area (Å²) in [5.74, 6) is 3.94. The molecule has 0 saturated carbocycles. The molecule has 0 radical (unpaired) electrons. The molecule has 0 bridgehead atoms. The molecule has 15 aromatic rings. The molecule has 92 heavy (non-hydrogen) atoms. The molecule has 13 aromatic carbocycles. The number of hydrogen-bond acceptors (Lipinski definition) is 6. The van der Waals surface area contributed by atoms with Crippen molar-refractivity contribution in [2.75, 3.05) is 0 Å². The van der Waals surface area contributed by atoms with Crippen LogP contribution < -0.4 is 0 Å². The van der Waals surface area contributed by atoms with Gasteiger partial charge in [0.05, 0.1) is 10.8 Å². The Morgan fingerprint density at radius 1 is 0.163 bits per heavy atom. The second-order valence-electron chi connectivity index (χ2n) is 23.6. The monoisotopic (exact) mass is 1170 g/mol. The molecule has 0 atom stereocenters. The quantitative estimate of drug-likeness (QED) is 0.143. The van der Waals surface area contributed by atoms with Gasteiger partial charge in [0.15, 0.2) is 34.9 Å². The minimum atomic E-state index is -0.504. The maximum atomic E-state index is 5.22. The molecule has 2 heterocycles. The lowest BCUT2D eigenvalue weighted by Gasteiger charge is -2.33. The third-order valence-electron chi connectivity index (χ3n) is 18.6. The van der Waals surface area contributed by atoms with Crippen molar-refractivity contribution in [3.63, 3.8) is 0 Å². The van der Waals surface area contributed by atoms with Crippen LogP contribution >= 0.6 is 0 Å². The van der Waals surface area contributed by atoms with Crippen LogP contribution in [0.5, 0.6) is 0 Å². The fourth-order valence-corrected chi connectivity index (χ4v) is 14.6. The van der Waals surface area contributed by atoms with Crippen molar-refractivity contribution in [1.82, 2.24) is 29.9 Å². The second kappa shape index (κ2) is 22.5. The first-order valence-corrected chi connectivity index (χ1v) is 31.3. The summed E-state index contributed by atoms with van der Waals surface area (Å²) in [7, 11) is 0. The highest BCUT2D eigenvalue weighted by Gasteiger charge is 2.52. The molecule has 3 aliphatic rings. The molecule has 0 saturated heterocycles. The lowest BCUT2D eigenvalue weighted by molar-refractivity contribution is 0.768. The fraction of sp³-hybridized carbons (Fsp3) is 0.0233. The van der Waals surface area contributed by atoms with E-state index in [1.807, 2.05) is 60.7 Å². The van der Waals surface area contributed by atoms with Gasteiger partial charge in [0.25, 0.3) is 0 Å². The number of hydrogen-bond donors (Lipinski definition) is 0. The summed E-state index contributed by atoms with van der Waals surface area (Å²) in [5, 5.41) is 0. The van der Waals surface area contributed by atoms with Crippen molar-refractivity contribution in [2.24, 2.45) is 0 Å². The van der Waals surface area contributed by atoms with Gasteiger partial charge in [-0.25, -0.2) is 29.9 Å². The van der Waals surface area contributed by atoms with Crippen molar-refractivity contribution in [2.45, 2.75) is 10.8 Å². The molecule has 0 fully saturated rings. The van der Waals surface area contributed by atoms with Crippen LogP contribution in [0.15, 0.2) is 340 Å². The van der Waals surface area contributed by atoms with Crippen LogP contribution in [-0.2, 0) is 10.8 Å². The first kappa shape index (κ1) is 54.1. The molecule has 0 N–H and O–H groups in total. The van der Waals surface area contributed by atoms with Crippen LogP contribution in [0.1, 0.15) is 44.5 Å². The highest BCUT2D eigenvalue weighted by molar-refractivity contribution is 5.97. The Morgan fingerprint density at radius 3 is 0.891 bits per heavy atom. The van der Waals surface area contributed by atoms with Gasteiger partial charge in [-0.2, -0.15) is 0 Å². The molecule has 430 valence electrons. The van der Waals surface area contributed by atoms with Gasteiger partial charge in [0.2, 0.25) is 0 Å². The summed E-state index contributed by atoms with van der Waals surface area (Å²) in [6, 6.07) is 120. The molecule has 0 amide bonds. The van der Waals surface area contributed by atoms with E-state index < -0.39 is 10.8 Å². The molecular weight excluding hydrogens is 1120 g/mol. The zero-order valence-corrected chi connectivity index (χ0v) is 50.0. The van der Waals surface area contributed by atoms with E-state index in [9.17, 15) is 0 Å². The molecule has 18 rings (SSSR count). The van der Waals surface area contributed by atoms with Gasteiger partial charge in [-0.15, -0.1) is 0 Å². The predicted octanol–water partition coefficient (Wildman–Crippen LogP) is 20.1. The Hall–Kier alpha value is -12.1. The summed E-state index contributed by atoms with van der Waals surface area (Å²) in [6.07, 6.45) is 0. The van der Waals surface area contributed by atoms with Crippen LogP contribution in [-0.4, -0.2) is 29.9 Å². The smallest absolute Gasteiger partial charge is 0.164 e. The normalized spacial score (nSPS) is 13.0. The largest absolute Gasteiger partial charge is 0.208 e. The van der Waals surface area contributed by atoms with Crippen molar-refractivity contribution in [3.8, 4) is 113 Å². The Balaban J connectivity index is 0.000000142. The van der Waals surface area contributed by atoms with Crippen LogP contribution in [0.3, 0.4) is 0 Å². The molecule has 0 aliphatic heterocycles. The van der Waals surface area contributed by atoms with Gasteiger partial charge < -0.3 is 0 Å². The highest BCUT2D eigenvalue weighted by atomic mass is 15.0. The maximum absolute atomic E-state index is 5.22. The van der Waals surface area contributed by atoms with Crippen LogP contribution in [0.4, 0.5) is 0 Å². The Morgan fingerprint density at radius 2 is 0.446 bits per heavy atom. The lowest BCUT2D eigenvalue weighted by atomic mass is 9.67. The van der Waals surface area contributed by atoms with E-state index in [1.54, 1.807) is 0 Å². The minimum Gasteiger partial charge on any atom is -0.208 e. The summed E-state index contributed by atoms with van der Waals surface area (Å²) in [4.78, 5) is 30.5. The summed E-state index contributed by atoms with van der Waals surface area (Å²) in [5.41, 5.74) is 24.8. The molecule has 6 heteroatoms. The van der Waals surface area contributed by atoms with E-state index in [-0.39, 0.29) is 0 Å². The van der Waals surface area contributed by atoms with E-state index in [2.05, 4.69) is 279 Å². The summed E-state index contributed by atoms with van der Waals surface area (Å²) in [6.45, 7) is 0. The molecule has 2 aromatic heterocycles. The van der Waals surface area contributed by atoms with E-state index >= 15 is 0 Å². The first-order valence-electron chi connectivity index (χ1n) is 31.3. The summed E-state index contributed by atoms with van der Waals surface area (Å²) >= 11 is 0. The van der Waals surface area contributed by atoms with E-state index in [0.717, 1.165) is 44.5 Å². The summed E-state index contributed by atoms with van der Waals surface area (Å²) < 4.78 is 0. The number of fused-ring (bicyclic) bond motifs is 13. The number of rotatable bonds is 9. The Kier molecular flexibility index (Phi) is 13.2. The van der Waals surface area contributed by atoms with Crippen LogP contribution in [0, 0.1) is 0 Å². The van der Waals surface area contributed by atoms with Crippen molar-refractivity contribution < 1.29 is 0 Å². The lowest BCUT2D eigenvalue weighted by Crippen LogP contribution is -2.28. The topological polar surface area (TPSA) is 77.3 Å². The number of aromatic nitrogens is 6. The number of benzene rings is 13. The first-order chi connectivity index (χ1) is 45.6. The SMILES string of the molecule is c1ccc(-c2ccc(-c3nc(-c4ccccc4)nc(-c4cccc5c4-c4ccccc4C5(c4ccccc4)c4ccccc4)n3)cc2)cc1.c1ccc(-c2nc(-c3ccccc3)nc(-c3ccc4c(c3)C3(c5ccccc5-c5ccccc53)c3ccccc3-4)n2)cc1. The third-order valence-corrected chi connectivity index (χ3v) is 18.6. The van der Waals surface area contributed by atoms with Gasteiger partial charge in [0.1, 0.15) is 0 Å². The van der Waals surface area contributed by atoms with E-state index in [4.69, 9.17) is 29.9 Å². The average Bonchev–Trinajstić information content (AvgIpc) is 1.52. The zero-order chi connectivity index (χ0) is 61.0. The van der Waals surface area contributed by atoms with E-state index in [0.29, 0.717) is 34.9 Å². The molecular formula is C86H56N6. The van der Waals surface area contributed by atoms with Crippen molar-refractivity contribution >= 4 is 0 Å². The zero-order valence-electron chi connectivity index (χ0n) is 50.0. The number of nitrogens with zero attached hydrogens (tertiary/aromatic N) is 6. The van der Waals surface area contributed by atoms with Gasteiger partial charge in [-0.3, -0.25) is 0 Å². The third kappa shape index (κ3) is 8.79. The molecule has 0 unspecified atom stereocenters. The highest BCUT2D eigenvalue weighted by Crippen LogP contribution is 2.63. The average molecular weight is 1170 g/mol. The predicted molar refractivity (Wildman–Crippen MR) is 371 cm³/mol. The standard InChI is InChI=1S/C46H31N3.C40H25N3/c1-5-16-32(17-6-1)33-28-30-35(31-29-33)44-47-43(34-18-7-2-8-19-34)48-45(49-44)39-25-15-27-41-42(39)38-24-13-14-26-40(38)46(41,36-20-9-3-10-21-36)37-22-11-4-12-23-37;1-3-13-26(14-4-1)37-41-38(27-15-5-2-6-16-27)43-39(42-37)28-23-24-32-31-19-9-12-22-35(31)40(36(32)25-28)33-20-10-7-17-29(33)30-18-8-11-21-34(30)40/h1-31H;1-25H. The van der Waals surface area contributed by atoms with Gasteiger partial charge in [-0.1, -0.05) is 334 Å². The Labute approximate surface area is 534 Å². The van der Waals surface area contributed by atoms with Crippen LogP contribution in [0.25, 0.3) is 113 Å². The van der Waals surface area contributed by atoms with Gasteiger partial charge in [0, 0.05) is 33.4 Å². The molecule has 1 spiro atoms. The fourth-order valence-electron chi connectivity index (χ4n) is 14.6. The van der Waals surface area contributed by atoms with Crippen LogP contribution in [0.2, 0.25) is 0 Å². The van der Waals surface area contributed by atoms with Crippen molar-refractivity contribution in [3.05, 3.63) is 384 Å². The van der Waals surface area contributed by atoms with Crippen molar-refractivity contribution in [1.29, 1.82) is 0 Å². The maximum Gasteiger partial charge on any atom is 0.164 e. The second-order valence-corrected chi connectivity index (χ2v) is 23.6. The van der Waals surface area contributed by atoms with Gasteiger partial charge >= 0.3 is 0 Å². The molecule has 6 nitrogen and oxygen atoms in total. The van der Waals surface area contributed by atoms with Gasteiger partial charge in [-0.05, 0) is 95.1 Å². The minimum absolute atomic E-state index is 0.410. The molecule has 3 aliphatic carbocycles.